The quantitative estimate of drug-likeness (QED) is 0.717. The Labute approximate surface area is 149 Å². The molecule has 3 rings (SSSR count). The largest absolute Gasteiger partial charge is 0.347 e. The number of amides is 2. The zero-order valence-electron chi connectivity index (χ0n) is 13.4. The van der Waals surface area contributed by atoms with Gasteiger partial charge in [0.1, 0.15) is 5.01 Å². The molecule has 0 unspecified atom stereocenters. The number of hydrogen-bond donors (Lipinski definition) is 2. The SMILES string of the molecule is O=C(Cc1csc(-c2ccccc2)n1)NCC(=O)Nc1ccccc1. The summed E-state index contributed by atoms with van der Waals surface area (Å²) in [6, 6.07) is 18.9. The number of hydrogen-bond acceptors (Lipinski definition) is 4. The van der Waals surface area contributed by atoms with Crippen molar-refractivity contribution in [3.8, 4) is 10.6 Å². The molecule has 5 nitrogen and oxygen atoms in total. The molecule has 0 bridgehead atoms. The van der Waals surface area contributed by atoms with Gasteiger partial charge in [0.25, 0.3) is 0 Å². The molecule has 0 aliphatic heterocycles. The summed E-state index contributed by atoms with van der Waals surface area (Å²) in [7, 11) is 0. The minimum Gasteiger partial charge on any atom is -0.347 e. The molecule has 1 heterocycles. The van der Waals surface area contributed by atoms with Gasteiger partial charge in [-0.2, -0.15) is 0 Å². The molecule has 126 valence electrons. The molecule has 3 aromatic rings. The van der Waals surface area contributed by atoms with E-state index < -0.39 is 0 Å². The van der Waals surface area contributed by atoms with Crippen LogP contribution in [-0.4, -0.2) is 23.3 Å². The molecular weight excluding hydrogens is 334 g/mol. The Bertz CT molecular complexity index is 847. The van der Waals surface area contributed by atoms with Crippen LogP contribution in [0.2, 0.25) is 0 Å². The number of para-hydroxylation sites is 1. The molecule has 6 heteroatoms. The Morgan fingerprint density at radius 3 is 2.32 bits per heavy atom. The standard InChI is InChI=1S/C19H17N3O2S/c23-17(20-12-18(24)21-15-9-5-2-6-10-15)11-16-13-25-19(22-16)14-7-3-1-4-8-14/h1-10,13H,11-12H2,(H,20,23)(H,21,24). The summed E-state index contributed by atoms with van der Waals surface area (Å²) in [5.74, 6) is -0.490. The van der Waals surface area contributed by atoms with Crippen LogP contribution < -0.4 is 10.6 Å². The first-order chi connectivity index (χ1) is 12.2. The number of aromatic nitrogens is 1. The lowest BCUT2D eigenvalue weighted by molar-refractivity contribution is -0.123. The third kappa shape index (κ3) is 4.99. The van der Waals surface area contributed by atoms with Crippen molar-refractivity contribution >= 4 is 28.8 Å². The van der Waals surface area contributed by atoms with Gasteiger partial charge >= 0.3 is 0 Å². The van der Waals surface area contributed by atoms with Gasteiger partial charge < -0.3 is 10.6 Å². The van der Waals surface area contributed by atoms with Crippen LogP contribution in [0.25, 0.3) is 10.6 Å². The summed E-state index contributed by atoms with van der Waals surface area (Å²) in [5.41, 5.74) is 2.43. The lowest BCUT2D eigenvalue weighted by Gasteiger charge is -2.06. The van der Waals surface area contributed by atoms with Crippen molar-refractivity contribution < 1.29 is 9.59 Å². The maximum Gasteiger partial charge on any atom is 0.243 e. The van der Waals surface area contributed by atoms with Crippen molar-refractivity contribution in [2.75, 3.05) is 11.9 Å². The zero-order valence-corrected chi connectivity index (χ0v) is 14.3. The van der Waals surface area contributed by atoms with E-state index in [0.29, 0.717) is 11.4 Å². The van der Waals surface area contributed by atoms with Gasteiger partial charge in [-0.15, -0.1) is 11.3 Å². The van der Waals surface area contributed by atoms with E-state index in [1.54, 1.807) is 12.1 Å². The van der Waals surface area contributed by atoms with Crippen LogP contribution in [0.15, 0.2) is 66.0 Å². The minimum atomic E-state index is -0.261. The lowest BCUT2D eigenvalue weighted by Crippen LogP contribution is -2.33. The molecule has 0 atom stereocenters. The highest BCUT2D eigenvalue weighted by molar-refractivity contribution is 7.13. The first-order valence-electron chi connectivity index (χ1n) is 7.82. The van der Waals surface area contributed by atoms with Crippen molar-refractivity contribution in [3.05, 3.63) is 71.7 Å². The van der Waals surface area contributed by atoms with E-state index >= 15 is 0 Å². The Hall–Kier alpha value is -2.99. The third-order valence-electron chi connectivity index (χ3n) is 3.42. The second kappa shape index (κ2) is 8.21. The average Bonchev–Trinajstić information content (AvgIpc) is 3.10. The molecule has 0 aliphatic rings. The Morgan fingerprint density at radius 1 is 0.920 bits per heavy atom. The zero-order chi connectivity index (χ0) is 17.5. The molecule has 0 spiro atoms. The lowest BCUT2D eigenvalue weighted by atomic mass is 10.2. The Kier molecular flexibility index (Phi) is 5.53. The number of rotatable bonds is 6. The highest BCUT2D eigenvalue weighted by Gasteiger charge is 2.10. The highest BCUT2D eigenvalue weighted by atomic mass is 32.1. The molecule has 1 aromatic heterocycles. The van der Waals surface area contributed by atoms with Gasteiger partial charge in [0.15, 0.2) is 0 Å². The molecule has 25 heavy (non-hydrogen) atoms. The van der Waals surface area contributed by atoms with E-state index in [1.165, 1.54) is 11.3 Å². The maximum absolute atomic E-state index is 12.0. The molecule has 2 amide bonds. The van der Waals surface area contributed by atoms with E-state index in [0.717, 1.165) is 10.6 Å². The molecule has 0 saturated heterocycles. The van der Waals surface area contributed by atoms with Crippen molar-refractivity contribution in [3.63, 3.8) is 0 Å². The van der Waals surface area contributed by atoms with E-state index in [9.17, 15) is 9.59 Å². The maximum atomic E-state index is 12.0. The van der Waals surface area contributed by atoms with Gasteiger partial charge in [-0.05, 0) is 12.1 Å². The van der Waals surface area contributed by atoms with Gasteiger partial charge in [-0.25, -0.2) is 4.98 Å². The minimum absolute atomic E-state index is 0.0661. The van der Waals surface area contributed by atoms with Crippen LogP contribution in [0.3, 0.4) is 0 Å². The van der Waals surface area contributed by atoms with Gasteiger partial charge in [0, 0.05) is 16.6 Å². The number of carbonyl (C=O) groups is 2. The van der Waals surface area contributed by atoms with Crippen molar-refractivity contribution in [2.45, 2.75) is 6.42 Å². The Balaban J connectivity index is 1.48. The van der Waals surface area contributed by atoms with Crippen LogP contribution in [0.4, 0.5) is 5.69 Å². The van der Waals surface area contributed by atoms with Crippen molar-refractivity contribution in [1.82, 2.24) is 10.3 Å². The second-order valence-corrected chi connectivity index (χ2v) is 6.24. The van der Waals surface area contributed by atoms with Crippen LogP contribution in [0.1, 0.15) is 5.69 Å². The number of nitrogens with zero attached hydrogens (tertiary/aromatic N) is 1. The summed E-state index contributed by atoms with van der Waals surface area (Å²) in [6.45, 7) is -0.0661. The number of benzene rings is 2. The molecule has 0 saturated carbocycles. The molecule has 0 fully saturated rings. The Morgan fingerprint density at radius 2 is 1.60 bits per heavy atom. The number of anilines is 1. The first kappa shape index (κ1) is 16.9. The highest BCUT2D eigenvalue weighted by Crippen LogP contribution is 2.23. The summed E-state index contributed by atoms with van der Waals surface area (Å²) in [5, 5.41) is 8.08. The average molecular weight is 351 g/mol. The van der Waals surface area contributed by atoms with Crippen LogP contribution >= 0.6 is 11.3 Å². The van der Waals surface area contributed by atoms with E-state index in [4.69, 9.17) is 0 Å². The fourth-order valence-electron chi connectivity index (χ4n) is 2.23. The van der Waals surface area contributed by atoms with Crippen LogP contribution in [0, 0.1) is 0 Å². The predicted octanol–water partition coefficient (Wildman–Crippen LogP) is 3.11. The number of carbonyl (C=O) groups excluding carboxylic acids is 2. The fraction of sp³-hybridized carbons (Fsp3) is 0.105. The first-order valence-corrected chi connectivity index (χ1v) is 8.70. The van der Waals surface area contributed by atoms with Gasteiger partial charge in [0.05, 0.1) is 18.7 Å². The smallest absolute Gasteiger partial charge is 0.243 e. The van der Waals surface area contributed by atoms with Gasteiger partial charge in [-0.1, -0.05) is 48.5 Å². The molecule has 2 N–H and O–H groups in total. The third-order valence-corrected chi connectivity index (χ3v) is 4.36. The summed E-state index contributed by atoms with van der Waals surface area (Å²) < 4.78 is 0. The summed E-state index contributed by atoms with van der Waals surface area (Å²) >= 11 is 1.50. The number of nitrogens with one attached hydrogen (secondary N) is 2. The monoisotopic (exact) mass is 351 g/mol. The van der Waals surface area contributed by atoms with Gasteiger partial charge in [-0.3, -0.25) is 9.59 Å². The molecule has 0 aliphatic carbocycles. The topological polar surface area (TPSA) is 71.1 Å². The van der Waals surface area contributed by atoms with Gasteiger partial charge in [0.2, 0.25) is 11.8 Å². The summed E-state index contributed by atoms with van der Waals surface area (Å²) in [4.78, 5) is 28.3. The van der Waals surface area contributed by atoms with E-state index in [2.05, 4.69) is 15.6 Å². The molecule has 2 aromatic carbocycles. The van der Waals surface area contributed by atoms with E-state index in [1.807, 2.05) is 53.9 Å². The molecule has 0 radical (unpaired) electrons. The van der Waals surface area contributed by atoms with Crippen molar-refractivity contribution in [2.24, 2.45) is 0 Å². The fourth-order valence-corrected chi connectivity index (χ4v) is 3.06. The molecular formula is C19H17N3O2S. The predicted molar refractivity (Wildman–Crippen MR) is 99.3 cm³/mol. The number of thiazole rings is 1. The second-order valence-electron chi connectivity index (χ2n) is 5.38. The van der Waals surface area contributed by atoms with Crippen LogP contribution in [0.5, 0.6) is 0 Å². The normalized spacial score (nSPS) is 10.2. The van der Waals surface area contributed by atoms with Crippen molar-refractivity contribution in [1.29, 1.82) is 0 Å². The van der Waals surface area contributed by atoms with Crippen LogP contribution in [-0.2, 0) is 16.0 Å². The summed E-state index contributed by atoms with van der Waals surface area (Å²) in [6.07, 6.45) is 0.155. The van der Waals surface area contributed by atoms with E-state index in [-0.39, 0.29) is 24.8 Å².